The van der Waals surface area contributed by atoms with Crippen molar-refractivity contribution in [1.29, 1.82) is 0 Å². The number of phenolic OH excluding ortho intramolecular Hbond substituents is 2. The van der Waals surface area contributed by atoms with Gasteiger partial charge in [0.25, 0.3) is 0 Å². The zero-order chi connectivity index (χ0) is 29.2. The monoisotopic (exact) mass is 550 g/mol. The molecule has 40 heavy (non-hydrogen) atoms. The molecule has 10 heteroatoms. The van der Waals surface area contributed by atoms with E-state index in [0.29, 0.717) is 43.4 Å². The van der Waals surface area contributed by atoms with Gasteiger partial charge in [-0.25, -0.2) is 0 Å². The highest BCUT2D eigenvalue weighted by molar-refractivity contribution is 6.38. The number of fused-ring (bicyclic) bond motifs is 2. The van der Waals surface area contributed by atoms with Gasteiger partial charge in [-0.15, -0.1) is 0 Å². The molecule has 0 aliphatic rings. The number of rotatable bonds is 8. The van der Waals surface area contributed by atoms with Crippen LogP contribution >= 0.6 is 0 Å². The maximum Gasteiger partial charge on any atom is 0.194 e. The quantitative estimate of drug-likeness (QED) is 0.167. The van der Waals surface area contributed by atoms with E-state index in [0.717, 1.165) is 0 Å². The van der Waals surface area contributed by atoms with E-state index in [1.54, 1.807) is 13.8 Å². The fourth-order valence-corrected chi connectivity index (χ4v) is 6.07. The van der Waals surface area contributed by atoms with Crippen LogP contribution in [0.25, 0.3) is 43.1 Å². The normalized spacial score (nSPS) is 13.4. The maximum atomic E-state index is 13.5. The molecule has 210 valence electrons. The van der Waals surface area contributed by atoms with Crippen LogP contribution in [0.2, 0.25) is 0 Å². The molecule has 5 rings (SSSR count). The Morgan fingerprint density at radius 1 is 0.575 bits per heavy atom. The molecule has 5 aromatic carbocycles. The van der Waals surface area contributed by atoms with Crippen LogP contribution in [0.5, 0.6) is 34.5 Å². The van der Waals surface area contributed by atoms with Gasteiger partial charge in [-0.05, 0) is 24.6 Å². The molecular formula is C30H30O10. The van der Waals surface area contributed by atoms with E-state index in [9.17, 15) is 30.0 Å². The van der Waals surface area contributed by atoms with E-state index in [1.165, 1.54) is 40.6 Å². The van der Waals surface area contributed by atoms with Crippen LogP contribution in [-0.4, -0.2) is 61.1 Å². The Kier molecular flexibility index (Phi) is 6.63. The lowest BCUT2D eigenvalue weighted by atomic mass is 9.81. The van der Waals surface area contributed by atoms with Gasteiger partial charge in [0, 0.05) is 57.6 Å². The highest BCUT2D eigenvalue weighted by Crippen LogP contribution is 2.55. The number of ether oxygens (including phenoxy) is 4. The number of phenols is 2. The third-order valence-corrected chi connectivity index (χ3v) is 7.41. The van der Waals surface area contributed by atoms with Crippen molar-refractivity contribution in [3.8, 4) is 34.5 Å². The molecule has 4 N–H and O–H groups in total. The third-order valence-electron chi connectivity index (χ3n) is 7.41. The van der Waals surface area contributed by atoms with Crippen LogP contribution in [0.3, 0.4) is 0 Å². The lowest BCUT2D eigenvalue weighted by Crippen LogP contribution is -2.14. The van der Waals surface area contributed by atoms with E-state index in [1.807, 2.05) is 0 Å². The molecule has 0 saturated heterocycles. The number of aromatic hydroxyl groups is 2. The lowest BCUT2D eigenvalue weighted by Gasteiger charge is -2.25. The van der Waals surface area contributed by atoms with Crippen molar-refractivity contribution in [3.05, 3.63) is 43.7 Å². The molecular weight excluding hydrogens is 520 g/mol. The third kappa shape index (κ3) is 3.63. The van der Waals surface area contributed by atoms with Gasteiger partial charge < -0.3 is 39.4 Å². The van der Waals surface area contributed by atoms with Crippen LogP contribution in [0, 0.1) is 0 Å². The van der Waals surface area contributed by atoms with Crippen molar-refractivity contribution in [2.24, 2.45) is 0 Å². The second-order valence-electron chi connectivity index (χ2n) is 9.98. The molecule has 0 aliphatic carbocycles. The second-order valence-corrected chi connectivity index (χ2v) is 9.98. The molecule has 0 saturated carbocycles. The Balaban J connectivity index is 2.38. The first-order valence-electron chi connectivity index (χ1n) is 12.7. The number of benzene rings is 5. The first-order valence-corrected chi connectivity index (χ1v) is 12.7. The van der Waals surface area contributed by atoms with E-state index in [2.05, 4.69) is 0 Å². The predicted octanol–water partition coefficient (Wildman–Crippen LogP) is 3.19. The number of hydrogen-bond donors (Lipinski definition) is 4. The SMILES string of the molecule is COc1c(O)c2c(=O)cc(OC)c3c4c(OC)cc(=O)c5c(O)c(OC)c(C[C@@H](C)O)c(c(c1C[C@@H](C)O)c23)c54. The highest BCUT2D eigenvalue weighted by Gasteiger charge is 2.33. The van der Waals surface area contributed by atoms with Crippen LogP contribution in [0.15, 0.2) is 21.7 Å². The van der Waals surface area contributed by atoms with Crippen LogP contribution in [0.4, 0.5) is 0 Å². The average Bonchev–Trinajstić information content (AvgIpc) is 2.89. The molecule has 0 aromatic heterocycles. The molecule has 0 amide bonds. The zero-order valence-electron chi connectivity index (χ0n) is 23.0. The maximum absolute atomic E-state index is 13.5. The van der Waals surface area contributed by atoms with E-state index < -0.39 is 34.6 Å². The second kappa shape index (κ2) is 9.72. The molecule has 0 aliphatic heterocycles. The Labute approximate surface area is 228 Å². The van der Waals surface area contributed by atoms with Gasteiger partial charge in [0.1, 0.15) is 11.5 Å². The van der Waals surface area contributed by atoms with Crippen molar-refractivity contribution >= 4 is 43.1 Å². The molecule has 0 spiro atoms. The van der Waals surface area contributed by atoms with E-state index >= 15 is 0 Å². The number of methoxy groups -OCH3 is 4. The number of aliphatic hydroxyl groups is 2. The zero-order valence-corrected chi connectivity index (χ0v) is 23.0. The summed E-state index contributed by atoms with van der Waals surface area (Å²) < 4.78 is 22.5. The van der Waals surface area contributed by atoms with Crippen molar-refractivity contribution in [3.63, 3.8) is 0 Å². The van der Waals surface area contributed by atoms with Gasteiger partial charge in [-0.1, -0.05) is 0 Å². The molecule has 0 unspecified atom stereocenters. The van der Waals surface area contributed by atoms with E-state index in [-0.39, 0.29) is 46.6 Å². The summed E-state index contributed by atoms with van der Waals surface area (Å²) in [5.74, 6) is -0.548. The first-order chi connectivity index (χ1) is 19.0. The smallest absolute Gasteiger partial charge is 0.194 e. The van der Waals surface area contributed by atoms with Gasteiger partial charge >= 0.3 is 0 Å². The van der Waals surface area contributed by atoms with Crippen molar-refractivity contribution in [1.82, 2.24) is 0 Å². The molecule has 0 radical (unpaired) electrons. The van der Waals surface area contributed by atoms with E-state index in [4.69, 9.17) is 18.9 Å². The van der Waals surface area contributed by atoms with Gasteiger partial charge in [0.15, 0.2) is 33.9 Å². The van der Waals surface area contributed by atoms with Crippen molar-refractivity contribution in [2.75, 3.05) is 28.4 Å². The summed E-state index contributed by atoms with van der Waals surface area (Å²) in [6.07, 6.45) is -1.82. The Morgan fingerprint density at radius 3 is 1.20 bits per heavy atom. The topological polar surface area (TPSA) is 152 Å². The summed E-state index contributed by atoms with van der Waals surface area (Å²) in [4.78, 5) is 27.0. The molecule has 0 bridgehead atoms. The number of aliphatic hydroxyl groups excluding tert-OH is 2. The van der Waals surface area contributed by atoms with Crippen LogP contribution in [-0.2, 0) is 12.8 Å². The van der Waals surface area contributed by atoms with Gasteiger partial charge in [0.2, 0.25) is 0 Å². The Bertz CT molecular complexity index is 1770. The minimum Gasteiger partial charge on any atom is -0.504 e. The number of hydrogen-bond acceptors (Lipinski definition) is 10. The summed E-state index contributed by atoms with van der Waals surface area (Å²) in [5, 5.41) is 45.8. The summed E-state index contributed by atoms with van der Waals surface area (Å²) in [6, 6.07) is 2.47. The molecule has 5 aromatic rings. The highest BCUT2D eigenvalue weighted by atomic mass is 16.5. The summed E-state index contributed by atoms with van der Waals surface area (Å²) in [5.41, 5.74) is -0.368. The van der Waals surface area contributed by atoms with Crippen molar-refractivity contribution < 1.29 is 39.4 Å². The van der Waals surface area contributed by atoms with Gasteiger partial charge in [-0.3, -0.25) is 9.59 Å². The minimum atomic E-state index is -0.903. The van der Waals surface area contributed by atoms with Crippen LogP contribution in [0.1, 0.15) is 25.0 Å². The molecule has 0 fully saturated rings. The fourth-order valence-electron chi connectivity index (χ4n) is 6.07. The van der Waals surface area contributed by atoms with Gasteiger partial charge in [-0.2, -0.15) is 0 Å². The summed E-state index contributed by atoms with van der Waals surface area (Å²) >= 11 is 0. The molecule has 2 atom stereocenters. The predicted molar refractivity (Wildman–Crippen MR) is 152 cm³/mol. The van der Waals surface area contributed by atoms with Crippen LogP contribution < -0.4 is 29.8 Å². The molecule has 10 nitrogen and oxygen atoms in total. The summed E-state index contributed by atoms with van der Waals surface area (Å²) in [6.45, 7) is 3.14. The van der Waals surface area contributed by atoms with Crippen molar-refractivity contribution in [2.45, 2.75) is 38.9 Å². The lowest BCUT2D eigenvalue weighted by molar-refractivity contribution is 0.193. The fraction of sp³-hybridized carbons (Fsp3) is 0.333. The first kappa shape index (κ1) is 27.3. The average molecular weight is 551 g/mol. The van der Waals surface area contributed by atoms with Gasteiger partial charge in [0.05, 0.1) is 51.4 Å². The standard InChI is InChI=1S/C30H30O10/c1-11(31)7-13-19-20-14(8-12(2)32)30(40-6)28(36)22-16(34)10-18(38-4)24(26(20)22)23-17(37-3)9-15(33)21(25(19)23)27(35)29(13)39-5/h9-12,31-32,35-36H,7-8H2,1-6H3/t11-,12-/m1/s1. The largest absolute Gasteiger partial charge is 0.504 e. The molecule has 0 heterocycles. The minimum absolute atomic E-state index is 0.00478. The summed E-state index contributed by atoms with van der Waals surface area (Å²) in [7, 11) is 5.46. The Hall–Kier alpha value is -4.28. The Morgan fingerprint density at radius 2 is 0.925 bits per heavy atom.